The normalized spacial score (nSPS) is 11.3. The first-order valence-corrected chi connectivity index (χ1v) is 10.7. The molecule has 134 valence electrons. The fraction of sp³-hybridized carbons (Fsp3) is 0.158. The minimum absolute atomic E-state index is 0.164. The van der Waals surface area contributed by atoms with Gasteiger partial charge in [0.15, 0.2) is 15.0 Å². The average molecular weight is 386 g/mol. The van der Waals surface area contributed by atoms with Crippen molar-refractivity contribution in [3.8, 4) is 11.3 Å². The molecular formula is C19H18N2O3S2. The van der Waals surface area contributed by atoms with Gasteiger partial charge in [-0.2, -0.15) is 0 Å². The van der Waals surface area contributed by atoms with E-state index in [1.807, 2.05) is 42.5 Å². The largest absolute Gasteiger partial charge is 0.302 e. The number of sulfone groups is 1. The second-order valence-electron chi connectivity index (χ2n) is 5.93. The van der Waals surface area contributed by atoms with Gasteiger partial charge in [0.1, 0.15) is 0 Å². The lowest BCUT2D eigenvalue weighted by Gasteiger charge is -2.04. The van der Waals surface area contributed by atoms with Crippen molar-refractivity contribution in [1.82, 2.24) is 4.98 Å². The van der Waals surface area contributed by atoms with E-state index in [2.05, 4.69) is 10.3 Å². The van der Waals surface area contributed by atoms with Gasteiger partial charge < -0.3 is 5.32 Å². The van der Waals surface area contributed by atoms with Crippen LogP contribution in [0.5, 0.6) is 0 Å². The summed E-state index contributed by atoms with van der Waals surface area (Å²) in [4.78, 5) is 17.2. The SMILES string of the molecule is CC(=O)Nc1nc(-c2ccccc2)c(Cc2ccc(S(C)(=O)=O)cc2)s1. The Morgan fingerprint density at radius 3 is 2.31 bits per heavy atom. The number of aromatic nitrogens is 1. The summed E-state index contributed by atoms with van der Waals surface area (Å²) in [7, 11) is -3.21. The first kappa shape index (κ1) is 18.3. The number of nitrogens with one attached hydrogen (secondary N) is 1. The minimum atomic E-state index is -3.21. The maximum atomic E-state index is 11.6. The summed E-state index contributed by atoms with van der Waals surface area (Å²) < 4.78 is 23.2. The second kappa shape index (κ2) is 7.39. The number of benzene rings is 2. The predicted octanol–water partition coefficient (Wildman–Crippen LogP) is 3.76. The lowest BCUT2D eigenvalue weighted by atomic mass is 10.1. The number of nitrogens with zero attached hydrogens (tertiary/aromatic N) is 1. The maximum Gasteiger partial charge on any atom is 0.223 e. The monoisotopic (exact) mass is 386 g/mol. The molecular weight excluding hydrogens is 368 g/mol. The van der Waals surface area contributed by atoms with Crippen LogP contribution in [-0.2, 0) is 21.1 Å². The number of hydrogen-bond acceptors (Lipinski definition) is 5. The summed E-state index contributed by atoms with van der Waals surface area (Å²) in [5, 5.41) is 3.29. The van der Waals surface area contributed by atoms with E-state index in [9.17, 15) is 13.2 Å². The third kappa shape index (κ3) is 4.36. The first-order valence-electron chi connectivity index (χ1n) is 7.94. The molecule has 0 aliphatic carbocycles. The molecule has 1 N–H and O–H groups in total. The molecule has 2 aromatic carbocycles. The lowest BCUT2D eigenvalue weighted by Crippen LogP contribution is -2.04. The van der Waals surface area contributed by atoms with Crippen LogP contribution < -0.4 is 5.32 Å². The van der Waals surface area contributed by atoms with Gasteiger partial charge in [0.25, 0.3) is 0 Å². The number of carbonyl (C=O) groups is 1. The molecule has 3 aromatic rings. The van der Waals surface area contributed by atoms with Crippen molar-refractivity contribution >= 4 is 32.2 Å². The summed E-state index contributed by atoms with van der Waals surface area (Å²) in [6, 6.07) is 16.6. The molecule has 0 saturated carbocycles. The van der Waals surface area contributed by atoms with E-state index in [0.717, 1.165) is 21.7 Å². The fourth-order valence-electron chi connectivity index (χ4n) is 2.54. The Morgan fingerprint density at radius 2 is 1.73 bits per heavy atom. The number of hydrogen-bond donors (Lipinski definition) is 1. The molecule has 0 bridgehead atoms. The van der Waals surface area contributed by atoms with Gasteiger partial charge in [0.05, 0.1) is 10.6 Å². The van der Waals surface area contributed by atoms with Gasteiger partial charge in [0.2, 0.25) is 5.91 Å². The second-order valence-corrected chi connectivity index (χ2v) is 9.03. The van der Waals surface area contributed by atoms with Crippen molar-refractivity contribution in [2.45, 2.75) is 18.2 Å². The van der Waals surface area contributed by atoms with Crippen LogP contribution in [0.2, 0.25) is 0 Å². The third-order valence-corrected chi connectivity index (χ3v) is 5.84. The zero-order valence-electron chi connectivity index (χ0n) is 14.4. The highest BCUT2D eigenvalue weighted by atomic mass is 32.2. The molecule has 1 aromatic heterocycles. The maximum absolute atomic E-state index is 11.6. The summed E-state index contributed by atoms with van der Waals surface area (Å²) >= 11 is 1.43. The summed E-state index contributed by atoms with van der Waals surface area (Å²) in [6.07, 6.45) is 1.80. The third-order valence-electron chi connectivity index (χ3n) is 3.74. The Labute approximate surface area is 156 Å². The van der Waals surface area contributed by atoms with Crippen molar-refractivity contribution < 1.29 is 13.2 Å². The molecule has 7 heteroatoms. The van der Waals surface area contributed by atoms with Gasteiger partial charge in [-0.15, -0.1) is 11.3 Å². The molecule has 0 saturated heterocycles. The Hall–Kier alpha value is -2.51. The van der Waals surface area contributed by atoms with Crippen molar-refractivity contribution in [1.29, 1.82) is 0 Å². The molecule has 0 aliphatic heterocycles. The molecule has 26 heavy (non-hydrogen) atoms. The lowest BCUT2D eigenvalue weighted by molar-refractivity contribution is -0.114. The molecule has 1 amide bonds. The van der Waals surface area contributed by atoms with Gasteiger partial charge >= 0.3 is 0 Å². The highest BCUT2D eigenvalue weighted by Gasteiger charge is 2.15. The Bertz CT molecular complexity index is 1020. The van der Waals surface area contributed by atoms with E-state index in [1.54, 1.807) is 12.1 Å². The molecule has 0 atom stereocenters. The van der Waals surface area contributed by atoms with Crippen LogP contribution in [0, 0.1) is 0 Å². The quantitative estimate of drug-likeness (QED) is 0.724. The summed E-state index contributed by atoms with van der Waals surface area (Å²) in [5.74, 6) is -0.164. The standard InChI is InChI=1S/C19H18N2O3S2/c1-13(22)20-19-21-18(15-6-4-3-5-7-15)17(25-19)12-14-8-10-16(11-9-14)26(2,23)24/h3-11H,12H2,1-2H3,(H,20,21,22). The zero-order chi connectivity index (χ0) is 18.7. The molecule has 3 rings (SSSR count). The average Bonchev–Trinajstić information content (AvgIpc) is 2.97. The number of thiazole rings is 1. The van der Waals surface area contributed by atoms with Gasteiger partial charge in [-0.3, -0.25) is 4.79 Å². The topological polar surface area (TPSA) is 76.1 Å². The number of amides is 1. The fourth-order valence-corrected chi connectivity index (χ4v) is 4.23. The molecule has 0 unspecified atom stereocenters. The Balaban J connectivity index is 1.95. The van der Waals surface area contributed by atoms with E-state index in [4.69, 9.17) is 0 Å². The van der Waals surface area contributed by atoms with Crippen LogP contribution in [0.15, 0.2) is 59.5 Å². The van der Waals surface area contributed by atoms with Crippen LogP contribution in [0.1, 0.15) is 17.4 Å². The summed E-state index contributed by atoms with van der Waals surface area (Å²) in [5.41, 5.74) is 2.78. The van der Waals surface area contributed by atoms with Crippen LogP contribution >= 0.6 is 11.3 Å². The Kier molecular flexibility index (Phi) is 5.20. The van der Waals surface area contributed by atoms with Crippen molar-refractivity contribution in [2.75, 3.05) is 11.6 Å². The van der Waals surface area contributed by atoms with E-state index in [-0.39, 0.29) is 5.91 Å². The smallest absolute Gasteiger partial charge is 0.223 e. The van der Waals surface area contributed by atoms with Crippen molar-refractivity contribution in [3.05, 3.63) is 65.0 Å². The molecule has 1 heterocycles. The van der Waals surface area contributed by atoms with Gasteiger partial charge in [-0.25, -0.2) is 13.4 Å². The minimum Gasteiger partial charge on any atom is -0.302 e. The van der Waals surface area contributed by atoms with Crippen LogP contribution in [0.4, 0.5) is 5.13 Å². The number of anilines is 1. The highest BCUT2D eigenvalue weighted by molar-refractivity contribution is 7.90. The van der Waals surface area contributed by atoms with Crippen molar-refractivity contribution in [2.24, 2.45) is 0 Å². The summed E-state index contributed by atoms with van der Waals surface area (Å²) in [6.45, 7) is 1.45. The van der Waals surface area contributed by atoms with Crippen LogP contribution in [0.3, 0.4) is 0 Å². The molecule has 0 radical (unpaired) electrons. The van der Waals surface area contributed by atoms with Crippen LogP contribution in [-0.4, -0.2) is 25.6 Å². The number of rotatable bonds is 5. The molecule has 5 nitrogen and oxygen atoms in total. The van der Waals surface area contributed by atoms with E-state index < -0.39 is 9.84 Å². The highest BCUT2D eigenvalue weighted by Crippen LogP contribution is 2.33. The Morgan fingerprint density at radius 1 is 1.08 bits per heavy atom. The zero-order valence-corrected chi connectivity index (χ0v) is 16.0. The van der Waals surface area contributed by atoms with Gasteiger partial charge in [-0.1, -0.05) is 42.5 Å². The molecule has 0 aliphatic rings. The van der Waals surface area contributed by atoms with Crippen molar-refractivity contribution in [3.63, 3.8) is 0 Å². The molecule has 0 spiro atoms. The number of carbonyl (C=O) groups excluding carboxylic acids is 1. The molecule has 0 fully saturated rings. The predicted molar refractivity (Wildman–Crippen MR) is 104 cm³/mol. The first-order chi connectivity index (χ1) is 12.3. The van der Waals surface area contributed by atoms with E-state index in [0.29, 0.717) is 16.4 Å². The van der Waals surface area contributed by atoms with E-state index in [1.165, 1.54) is 24.5 Å². The van der Waals surface area contributed by atoms with Gasteiger partial charge in [-0.05, 0) is 17.7 Å². The van der Waals surface area contributed by atoms with Gasteiger partial charge in [0, 0.05) is 30.0 Å². The van der Waals surface area contributed by atoms with Crippen LogP contribution in [0.25, 0.3) is 11.3 Å². The van der Waals surface area contributed by atoms with E-state index >= 15 is 0 Å².